The molecular formula is C16H29N3O2. The average molecular weight is 295 g/mol. The fraction of sp³-hybridized carbons (Fsp3) is 0.875. The summed E-state index contributed by atoms with van der Waals surface area (Å²) in [6.45, 7) is 3.39. The van der Waals surface area contributed by atoms with E-state index < -0.39 is 0 Å². The summed E-state index contributed by atoms with van der Waals surface area (Å²) in [5.41, 5.74) is 6.04. The molecule has 120 valence electrons. The van der Waals surface area contributed by atoms with Gasteiger partial charge in [0.05, 0.1) is 5.92 Å². The molecule has 5 nitrogen and oxygen atoms in total. The van der Waals surface area contributed by atoms with Crippen molar-refractivity contribution in [2.45, 2.75) is 51.5 Å². The molecule has 0 aromatic heterocycles. The quantitative estimate of drug-likeness (QED) is 0.819. The zero-order chi connectivity index (χ0) is 15.4. The lowest BCUT2D eigenvalue weighted by Crippen LogP contribution is -2.48. The zero-order valence-electron chi connectivity index (χ0n) is 13.3. The molecule has 0 spiro atoms. The second-order valence-electron chi connectivity index (χ2n) is 6.71. The number of hydrogen-bond acceptors (Lipinski definition) is 3. The van der Waals surface area contributed by atoms with E-state index in [-0.39, 0.29) is 29.7 Å². The maximum absolute atomic E-state index is 12.7. The highest BCUT2D eigenvalue weighted by Gasteiger charge is 2.34. The van der Waals surface area contributed by atoms with Crippen LogP contribution in [0.4, 0.5) is 0 Å². The smallest absolute Gasteiger partial charge is 0.225 e. The summed E-state index contributed by atoms with van der Waals surface area (Å²) in [7, 11) is 1.66. The Morgan fingerprint density at radius 1 is 1.24 bits per heavy atom. The van der Waals surface area contributed by atoms with E-state index in [1.807, 2.05) is 11.8 Å². The van der Waals surface area contributed by atoms with Gasteiger partial charge in [0.15, 0.2) is 0 Å². The molecule has 0 radical (unpaired) electrons. The van der Waals surface area contributed by atoms with Gasteiger partial charge in [-0.2, -0.15) is 0 Å². The van der Waals surface area contributed by atoms with Crippen LogP contribution in [0.3, 0.4) is 0 Å². The van der Waals surface area contributed by atoms with Crippen LogP contribution in [0, 0.1) is 17.8 Å². The van der Waals surface area contributed by atoms with Crippen LogP contribution in [-0.2, 0) is 9.59 Å². The molecular weight excluding hydrogens is 266 g/mol. The van der Waals surface area contributed by atoms with Gasteiger partial charge < -0.3 is 16.0 Å². The lowest BCUT2D eigenvalue weighted by molar-refractivity contribution is -0.140. The van der Waals surface area contributed by atoms with Crippen molar-refractivity contribution in [3.8, 4) is 0 Å². The summed E-state index contributed by atoms with van der Waals surface area (Å²) in [4.78, 5) is 26.4. The van der Waals surface area contributed by atoms with E-state index in [4.69, 9.17) is 5.73 Å². The first kappa shape index (κ1) is 16.3. The van der Waals surface area contributed by atoms with E-state index in [0.717, 1.165) is 45.1 Å². The second-order valence-corrected chi connectivity index (χ2v) is 6.71. The van der Waals surface area contributed by atoms with Gasteiger partial charge in [-0.05, 0) is 38.0 Å². The molecule has 3 N–H and O–H groups in total. The van der Waals surface area contributed by atoms with Crippen molar-refractivity contribution >= 4 is 11.8 Å². The van der Waals surface area contributed by atoms with Gasteiger partial charge in [0, 0.05) is 32.1 Å². The predicted octanol–water partition coefficient (Wildman–Crippen LogP) is 1.12. The molecule has 1 saturated heterocycles. The molecule has 0 aromatic rings. The van der Waals surface area contributed by atoms with Gasteiger partial charge in [-0.3, -0.25) is 9.59 Å². The van der Waals surface area contributed by atoms with Crippen LogP contribution in [0.15, 0.2) is 0 Å². The Morgan fingerprint density at radius 3 is 2.67 bits per heavy atom. The lowest BCUT2D eigenvalue weighted by atomic mass is 9.78. The van der Waals surface area contributed by atoms with Crippen molar-refractivity contribution in [1.82, 2.24) is 10.2 Å². The van der Waals surface area contributed by atoms with Crippen LogP contribution in [0.1, 0.15) is 45.4 Å². The molecule has 21 heavy (non-hydrogen) atoms. The summed E-state index contributed by atoms with van der Waals surface area (Å²) in [6, 6.07) is 0.249. The first-order valence-corrected chi connectivity index (χ1v) is 8.29. The predicted molar refractivity (Wildman–Crippen MR) is 82.5 cm³/mol. The van der Waals surface area contributed by atoms with Crippen LogP contribution in [0.5, 0.6) is 0 Å². The summed E-state index contributed by atoms with van der Waals surface area (Å²) in [5, 5.41) is 2.70. The molecule has 4 atom stereocenters. The van der Waals surface area contributed by atoms with E-state index in [1.54, 1.807) is 7.05 Å². The van der Waals surface area contributed by atoms with Crippen molar-refractivity contribution in [3.05, 3.63) is 0 Å². The molecule has 4 unspecified atom stereocenters. The first-order chi connectivity index (χ1) is 10.0. The number of nitrogens with one attached hydrogen (secondary N) is 1. The number of rotatable bonds is 3. The molecule has 1 saturated carbocycles. The highest BCUT2D eigenvalue weighted by molar-refractivity contribution is 5.82. The number of nitrogens with two attached hydrogens (primary N) is 1. The number of hydrogen-bond donors (Lipinski definition) is 2. The van der Waals surface area contributed by atoms with Gasteiger partial charge in [0.2, 0.25) is 11.8 Å². The van der Waals surface area contributed by atoms with E-state index in [1.165, 1.54) is 0 Å². The van der Waals surface area contributed by atoms with Crippen LogP contribution >= 0.6 is 0 Å². The number of carbonyl (C=O) groups excluding carboxylic acids is 2. The Bertz CT molecular complexity index is 386. The highest BCUT2D eigenvalue weighted by Crippen LogP contribution is 2.31. The number of carbonyl (C=O) groups is 2. The molecule has 2 rings (SSSR count). The largest absolute Gasteiger partial charge is 0.359 e. The summed E-state index contributed by atoms with van der Waals surface area (Å²) < 4.78 is 0. The van der Waals surface area contributed by atoms with Gasteiger partial charge in [0.1, 0.15) is 0 Å². The number of nitrogens with zero attached hydrogens (tertiary/aromatic N) is 1. The maximum atomic E-state index is 12.7. The zero-order valence-corrected chi connectivity index (χ0v) is 13.3. The summed E-state index contributed by atoms with van der Waals surface area (Å²) in [6.07, 6.45) is 6.07. The Balaban J connectivity index is 1.93. The molecule has 2 fully saturated rings. The molecule has 2 amide bonds. The molecule has 2 aliphatic rings. The van der Waals surface area contributed by atoms with Gasteiger partial charge in [-0.25, -0.2) is 0 Å². The molecule has 5 heteroatoms. The Labute approximate surface area is 127 Å². The van der Waals surface area contributed by atoms with Gasteiger partial charge in [-0.1, -0.05) is 13.3 Å². The lowest BCUT2D eigenvalue weighted by Gasteiger charge is -2.37. The average Bonchev–Trinajstić information content (AvgIpc) is 2.52. The highest BCUT2D eigenvalue weighted by atomic mass is 16.2. The van der Waals surface area contributed by atoms with Crippen molar-refractivity contribution in [3.63, 3.8) is 0 Å². The topological polar surface area (TPSA) is 75.4 Å². The Kier molecular flexibility index (Phi) is 5.62. The van der Waals surface area contributed by atoms with Crippen LogP contribution in [-0.4, -0.2) is 42.9 Å². The number of likely N-dealkylation sites (tertiary alicyclic amines) is 1. The monoisotopic (exact) mass is 295 g/mol. The Hall–Kier alpha value is -1.10. The van der Waals surface area contributed by atoms with E-state index in [2.05, 4.69) is 5.32 Å². The van der Waals surface area contributed by atoms with Crippen molar-refractivity contribution in [2.75, 3.05) is 20.1 Å². The summed E-state index contributed by atoms with van der Waals surface area (Å²) in [5.74, 6) is 0.650. The van der Waals surface area contributed by atoms with E-state index in [9.17, 15) is 9.59 Å². The van der Waals surface area contributed by atoms with Crippen LogP contribution < -0.4 is 11.1 Å². The minimum absolute atomic E-state index is 0.0276. The Morgan fingerprint density at radius 2 is 2.00 bits per heavy atom. The molecule has 0 bridgehead atoms. The standard InChI is InChI=1S/C16H29N3O2/c1-11(12-5-3-7-14(17)9-12)16(21)19-8-4-6-13(10-19)15(20)18-2/h11-14H,3-10,17H2,1-2H3,(H,18,20). The fourth-order valence-corrected chi connectivity index (χ4v) is 3.81. The third-order valence-corrected chi connectivity index (χ3v) is 5.20. The van der Waals surface area contributed by atoms with Crippen LogP contribution in [0.25, 0.3) is 0 Å². The van der Waals surface area contributed by atoms with Gasteiger partial charge in [0.25, 0.3) is 0 Å². The number of amides is 2. The summed E-state index contributed by atoms with van der Waals surface area (Å²) >= 11 is 0. The maximum Gasteiger partial charge on any atom is 0.225 e. The third-order valence-electron chi connectivity index (χ3n) is 5.20. The molecule has 1 heterocycles. The fourth-order valence-electron chi connectivity index (χ4n) is 3.81. The minimum Gasteiger partial charge on any atom is -0.359 e. The normalized spacial score (nSPS) is 31.6. The van der Waals surface area contributed by atoms with Gasteiger partial charge in [-0.15, -0.1) is 0 Å². The third kappa shape index (κ3) is 3.96. The minimum atomic E-state index is -0.0477. The van der Waals surface area contributed by atoms with Crippen LogP contribution in [0.2, 0.25) is 0 Å². The molecule has 1 aliphatic carbocycles. The van der Waals surface area contributed by atoms with E-state index >= 15 is 0 Å². The molecule has 0 aromatic carbocycles. The number of piperidine rings is 1. The molecule has 1 aliphatic heterocycles. The SMILES string of the molecule is CNC(=O)C1CCCN(C(=O)C(C)C2CCCC(N)C2)C1. The van der Waals surface area contributed by atoms with E-state index in [0.29, 0.717) is 12.5 Å². The van der Waals surface area contributed by atoms with Crippen molar-refractivity contribution in [2.24, 2.45) is 23.5 Å². The first-order valence-electron chi connectivity index (χ1n) is 8.29. The van der Waals surface area contributed by atoms with Crippen molar-refractivity contribution in [1.29, 1.82) is 0 Å². The van der Waals surface area contributed by atoms with Crippen molar-refractivity contribution < 1.29 is 9.59 Å². The second kappa shape index (κ2) is 7.25. The van der Waals surface area contributed by atoms with Gasteiger partial charge >= 0.3 is 0 Å².